The van der Waals surface area contributed by atoms with Crippen molar-refractivity contribution in [1.29, 1.82) is 0 Å². The Morgan fingerprint density at radius 3 is 2.71 bits per heavy atom. The largest absolute Gasteiger partial charge is 0.394 e. The molecule has 1 aliphatic rings. The number of aromatic nitrogens is 3. The fraction of sp³-hybridized carbons (Fsp3) is 0.500. The smallest absolute Gasteiger partial charge is 0.311 e. The number of nitrogens with zero attached hydrogens (tertiary/aromatic N) is 2. The fourth-order valence-electron chi connectivity index (χ4n) is 2.26. The number of hydrogen-bond donors (Lipinski definition) is 5. The third-order valence-electron chi connectivity index (χ3n) is 3.26. The molecule has 1 saturated heterocycles. The normalized spacial score (nSPS) is 29.3. The van der Waals surface area contributed by atoms with Crippen LogP contribution in [0, 0.1) is 0 Å². The summed E-state index contributed by atoms with van der Waals surface area (Å²) in [5.41, 5.74) is 4.83. The highest BCUT2D eigenvalue weighted by atomic mass is 32.1. The van der Waals surface area contributed by atoms with E-state index in [1.807, 2.05) is 0 Å². The zero-order valence-corrected chi connectivity index (χ0v) is 11.3. The van der Waals surface area contributed by atoms with E-state index in [4.69, 9.17) is 15.6 Å². The second kappa shape index (κ2) is 4.89. The number of aliphatic hydroxyl groups is 3. The van der Waals surface area contributed by atoms with Gasteiger partial charge in [0.05, 0.1) is 6.61 Å². The molecule has 10 nitrogen and oxygen atoms in total. The Hall–Kier alpha value is -1.79. The number of fused-ring (bicyclic) bond motifs is 1. The van der Waals surface area contributed by atoms with Crippen LogP contribution in [-0.4, -0.2) is 54.8 Å². The molecule has 114 valence electrons. The molecule has 3 heterocycles. The molecule has 1 aliphatic heterocycles. The van der Waals surface area contributed by atoms with E-state index in [-0.39, 0.29) is 16.3 Å². The zero-order valence-electron chi connectivity index (χ0n) is 10.5. The second-order valence-electron chi connectivity index (χ2n) is 4.57. The summed E-state index contributed by atoms with van der Waals surface area (Å²) >= 11 is 0.623. The lowest BCUT2D eigenvalue weighted by atomic mass is 10.1. The van der Waals surface area contributed by atoms with E-state index >= 15 is 0 Å². The van der Waals surface area contributed by atoms with E-state index < -0.39 is 41.6 Å². The van der Waals surface area contributed by atoms with Crippen molar-refractivity contribution in [2.75, 3.05) is 12.3 Å². The molecule has 1 fully saturated rings. The molecule has 0 amide bonds. The number of nitrogens with two attached hydrogens (primary N) is 1. The Bertz CT molecular complexity index is 797. The molecule has 0 aromatic carbocycles. The molecule has 2 aromatic heterocycles. The standard InChI is InChI=1S/C10H12N4O6S/c11-9-12-6-5(7(18)13-9)21-10(19)14(6)8-4(17)3(16)2(1-15)20-8/h2-4,8,15-17H,1H2,(H3,11,12,13,18). The average molecular weight is 316 g/mol. The van der Waals surface area contributed by atoms with E-state index in [0.717, 1.165) is 4.57 Å². The van der Waals surface area contributed by atoms with Gasteiger partial charge in [-0.3, -0.25) is 19.1 Å². The van der Waals surface area contributed by atoms with E-state index in [0.29, 0.717) is 11.3 Å². The van der Waals surface area contributed by atoms with Crippen LogP contribution in [0.4, 0.5) is 5.95 Å². The third-order valence-corrected chi connectivity index (χ3v) is 4.21. The van der Waals surface area contributed by atoms with Gasteiger partial charge in [0.15, 0.2) is 11.9 Å². The molecule has 11 heteroatoms. The van der Waals surface area contributed by atoms with Gasteiger partial charge < -0.3 is 25.8 Å². The van der Waals surface area contributed by atoms with Crippen molar-refractivity contribution < 1.29 is 20.1 Å². The maximum absolute atomic E-state index is 12.0. The molecule has 4 atom stereocenters. The summed E-state index contributed by atoms with van der Waals surface area (Å²) in [6, 6.07) is 0. The molecule has 0 radical (unpaired) electrons. The molecular formula is C10H12N4O6S. The van der Waals surface area contributed by atoms with Crippen molar-refractivity contribution in [3.63, 3.8) is 0 Å². The Morgan fingerprint density at radius 1 is 1.38 bits per heavy atom. The first-order chi connectivity index (χ1) is 9.93. The molecule has 0 saturated carbocycles. The number of hydrogen-bond acceptors (Lipinski definition) is 9. The number of nitrogen functional groups attached to an aromatic ring is 1. The molecule has 4 unspecified atom stereocenters. The number of rotatable bonds is 2. The predicted octanol–water partition coefficient (Wildman–Crippen LogP) is -2.66. The van der Waals surface area contributed by atoms with Crippen LogP contribution in [0.1, 0.15) is 6.23 Å². The van der Waals surface area contributed by atoms with Crippen LogP contribution in [0.25, 0.3) is 10.3 Å². The monoisotopic (exact) mass is 316 g/mol. The number of aliphatic hydroxyl groups excluding tert-OH is 3. The highest BCUT2D eigenvalue weighted by Gasteiger charge is 2.44. The van der Waals surface area contributed by atoms with Crippen LogP contribution in [0.3, 0.4) is 0 Å². The molecule has 0 aliphatic carbocycles. The van der Waals surface area contributed by atoms with Gasteiger partial charge in [0.2, 0.25) is 5.95 Å². The summed E-state index contributed by atoms with van der Waals surface area (Å²) in [5.74, 6) is -0.189. The summed E-state index contributed by atoms with van der Waals surface area (Å²) in [6.07, 6.45) is -5.10. The Balaban J connectivity index is 2.20. The van der Waals surface area contributed by atoms with Crippen LogP contribution < -0.4 is 16.2 Å². The molecule has 3 rings (SSSR count). The van der Waals surface area contributed by atoms with Crippen molar-refractivity contribution in [2.45, 2.75) is 24.5 Å². The quantitative estimate of drug-likeness (QED) is 0.400. The molecular weight excluding hydrogens is 304 g/mol. The number of thiazole rings is 1. The van der Waals surface area contributed by atoms with Crippen LogP contribution in [-0.2, 0) is 4.74 Å². The minimum absolute atomic E-state index is 0.0342. The van der Waals surface area contributed by atoms with Gasteiger partial charge >= 0.3 is 4.87 Å². The number of H-pyrrole nitrogens is 1. The summed E-state index contributed by atoms with van der Waals surface area (Å²) in [5, 5.41) is 28.8. The Morgan fingerprint density at radius 2 is 2.10 bits per heavy atom. The van der Waals surface area contributed by atoms with Gasteiger partial charge in [-0.25, -0.2) is 0 Å². The molecule has 21 heavy (non-hydrogen) atoms. The molecule has 0 spiro atoms. The number of nitrogens with one attached hydrogen (secondary N) is 1. The van der Waals surface area contributed by atoms with Crippen molar-refractivity contribution >= 4 is 27.6 Å². The summed E-state index contributed by atoms with van der Waals surface area (Å²) in [4.78, 5) is 29.3. The minimum Gasteiger partial charge on any atom is -0.394 e. The van der Waals surface area contributed by atoms with E-state index in [1.165, 1.54) is 0 Å². The third kappa shape index (κ3) is 2.06. The van der Waals surface area contributed by atoms with Crippen molar-refractivity contribution in [3.05, 3.63) is 20.0 Å². The van der Waals surface area contributed by atoms with Gasteiger partial charge in [-0.05, 0) is 0 Å². The van der Waals surface area contributed by atoms with Crippen LogP contribution in [0.5, 0.6) is 0 Å². The van der Waals surface area contributed by atoms with Crippen molar-refractivity contribution in [1.82, 2.24) is 14.5 Å². The highest BCUT2D eigenvalue weighted by molar-refractivity contribution is 7.16. The van der Waals surface area contributed by atoms with Gasteiger partial charge in [-0.15, -0.1) is 0 Å². The first-order valence-corrected chi connectivity index (χ1v) is 6.79. The van der Waals surface area contributed by atoms with Crippen molar-refractivity contribution in [3.8, 4) is 0 Å². The van der Waals surface area contributed by atoms with Crippen LogP contribution in [0.2, 0.25) is 0 Å². The Labute approximate surface area is 120 Å². The summed E-state index contributed by atoms with van der Waals surface area (Å²) < 4.78 is 6.26. The van der Waals surface area contributed by atoms with Crippen LogP contribution in [0.15, 0.2) is 9.59 Å². The van der Waals surface area contributed by atoms with Crippen LogP contribution >= 0.6 is 11.3 Å². The second-order valence-corrected chi connectivity index (χ2v) is 5.53. The van der Waals surface area contributed by atoms with Gasteiger partial charge in [0.25, 0.3) is 5.56 Å². The SMILES string of the molecule is Nc1nc2c(sc(=O)n2C2OC(CO)C(O)C2O)c(=O)[nH]1. The van der Waals surface area contributed by atoms with Gasteiger partial charge in [-0.1, -0.05) is 11.3 Å². The Kier molecular flexibility index (Phi) is 3.30. The predicted molar refractivity (Wildman–Crippen MR) is 71.9 cm³/mol. The molecule has 6 N–H and O–H groups in total. The minimum atomic E-state index is -1.44. The molecule has 0 bridgehead atoms. The van der Waals surface area contributed by atoms with Gasteiger partial charge in [0.1, 0.15) is 23.0 Å². The first-order valence-electron chi connectivity index (χ1n) is 5.97. The fourth-order valence-corrected chi connectivity index (χ4v) is 3.11. The lowest BCUT2D eigenvalue weighted by molar-refractivity contribution is -0.0518. The van der Waals surface area contributed by atoms with Gasteiger partial charge in [0, 0.05) is 0 Å². The topological polar surface area (TPSA) is 164 Å². The number of aromatic amines is 1. The number of anilines is 1. The molecule has 2 aromatic rings. The summed E-state index contributed by atoms with van der Waals surface area (Å²) in [6.45, 7) is -0.526. The first kappa shape index (κ1) is 14.2. The van der Waals surface area contributed by atoms with E-state index in [1.54, 1.807) is 0 Å². The van der Waals surface area contributed by atoms with E-state index in [2.05, 4.69) is 9.97 Å². The van der Waals surface area contributed by atoms with Gasteiger partial charge in [-0.2, -0.15) is 4.98 Å². The average Bonchev–Trinajstić information content (AvgIpc) is 2.89. The van der Waals surface area contributed by atoms with Crippen molar-refractivity contribution in [2.24, 2.45) is 0 Å². The maximum atomic E-state index is 12.0. The lowest BCUT2D eigenvalue weighted by Crippen LogP contribution is -2.34. The maximum Gasteiger partial charge on any atom is 0.311 e. The zero-order chi connectivity index (χ0) is 15.3. The number of ether oxygens (including phenoxy) is 1. The lowest BCUT2D eigenvalue weighted by Gasteiger charge is -2.15. The highest BCUT2D eigenvalue weighted by Crippen LogP contribution is 2.30. The summed E-state index contributed by atoms with van der Waals surface area (Å²) in [7, 11) is 0. The van der Waals surface area contributed by atoms with E-state index in [9.17, 15) is 19.8 Å².